The lowest BCUT2D eigenvalue weighted by Gasteiger charge is -2.42. The monoisotopic (exact) mass is 309 g/mol. The number of amides is 2. The van der Waals surface area contributed by atoms with E-state index in [1.807, 2.05) is 24.1 Å². The number of carbonyl (C=O) groups is 1. The quantitative estimate of drug-likeness (QED) is 0.914. The third-order valence-corrected chi connectivity index (χ3v) is 5.63. The van der Waals surface area contributed by atoms with Crippen LogP contribution in [0.1, 0.15) is 42.9 Å². The number of hydrogen-bond donors (Lipinski definition) is 1. The maximum Gasteiger partial charge on any atom is 0.318 e. The molecule has 1 atom stereocenters. The van der Waals surface area contributed by atoms with Crippen molar-refractivity contribution < 1.29 is 9.53 Å². The molecule has 1 aromatic rings. The molecule has 1 N–H and O–H groups in total. The first-order valence-electron chi connectivity index (χ1n) is 7.63. The number of carbonyl (C=O) groups excluding carboxylic acids is 1. The van der Waals surface area contributed by atoms with Gasteiger partial charge in [-0.2, -0.15) is 0 Å². The number of urea groups is 1. The summed E-state index contributed by atoms with van der Waals surface area (Å²) in [5, 5.41) is 6.05. The number of nitrogens with one attached hydrogen (secondary N) is 1. The van der Waals surface area contributed by atoms with Crippen LogP contribution in [0.3, 0.4) is 0 Å². The minimum absolute atomic E-state index is 0.00660. The second-order valence-electron chi connectivity index (χ2n) is 6.33. The summed E-state index contributed by atoms with van der Waals surface area (Å²) in [5.41, 5.74) is 1.22. The minimum Gasteiger partial charge on any atom is -0.379 e. The van der Waals surface area contributed by atoms with E-state index in [-0.39, 0.29) is 17.5 Å². The van der Waals surface area contributed by atoms with Gasteiger partial charge in [0.25, 0.3) is 0 Å². The predicted molar refractivity (Wildman–Crippen MR) is 82.5 cm³/mol. The van der Waals surface area contributed by atoms with Crippen molar-refractivity contribution in [3.8, 4) is 0 Å². The molecule has 6 heteroatoms. The zero-order valence-corrected chi connectivity index (χ0v) is 13.5. The van der Waals surface area contributed by atoms with Crippen LogP contribution in [0.2, 0.25) is 0 Å². The van der Waals surface area contributed by atoms with Crippen LogP contribution in [-0.4, -0.2) is 42.2 Å². The molecular weight excluding hydrogens is 286 g/mol. The number of hydrogen-bond acceptors (Lipinski definition) is 4. The third-order valence-electron chi connectivity index (χ3n) is 4.49. The Morgan fingerprint density at radius 3 is 3.00 bits per heavy atom. The average Bonchev–Trinajstić information content (AvgIpc) is 2.73. The molecule has 0 unspecified atom stereocenters. The molecule has 116 valence electrons. The van der Waals surface area contributed by atoms with Crippen LogP contribution < -0.4 is 5.32 Å². The van der Waals surface area contributed by atoms with Crippen molar-refractivity contribution in [1.82, 2.24) is 15.2 Å². The molecule has 3 rings (SSSR count). The highest BCUT2D eigenvalue weighted by molar-refractivity contribution is 7.09. The Hall–Kier alpha value is -1.14. The second kappa shape index (κ2) is 5.93. The largest absolute Gasteiger partial charge is 0.379 e. The van der Waals surface area contributed by atoms with Gasteiger partial charge in [0.2, 0.25) is 0 Å². The number of nitrogens with zero attached hydrogens (tertiary/aromatic N) is 2. The van der Waals surface area contributed by atoms with E-state index >= 15 is 0 Å². The van der Waals surface area contributed by atoms with Crippen LogP contribution >= 0.6 is 11.3 Å². The molecule has 5 nitrogen and oxygen atoms in total. The molecule has 2 amide bonds. The Morgan fingerprint density at radius 2 is 2.38 bits per heavy atom. The van der Waals surface area contributed by atoms with Crippen molar-refractivity contribution in [3.05, 3.63) is 16.1 Å². The Bertz CT molecular complexity index is 513. The van der Waals surface area contributed by atoms with E-state index < -0.39 is 0 Å². The molecule has 1 aliphatic carbocycles. The number of thiazole rings is 1. The van der Waals surface area contributed by atoms with Gasteiger partial charge in [-0.1, -0.05) is 6.42 Å². The van der Waals surface area contributed by atoms with Crippen LogP contribution in [0.4, 0.5) is 4.79 Å². The highest BCUT2D eigenvalue weighted by atomic mass is 32.1. The Labute approximate surface area is 129 Å². The first-order valence-corrected chi connectivity index (χ1v) is 8.51. The van der Waals surface area contributed by atoms with Crippen LogP contribution in [-0.2, 0) is 4.74 Å². The minimum atomic E-state index is -0.0438. The third kappa shape index (κ3) is 3.21. The van der Waals surface area contributed by atoms with Crippen molar-refractivity contribution in [2.24, 2.45) is 5.41 Å². The summed E-state index contributed by atoms with van der Waals surface area (Å²) in [7, 11) is 0. The van der Waals surface area contributed by atoms with Gasteiger partial charge in [0.15, 0.2) is 0 Å². The smallest absolute Gasteiger partial charge is 0.318 e. The molecule has 21 heavy (non-hydrogen) atoms. The molecule has 2 heterocycles. The van der Waals surface area contributed by atoms with E-state index in [0.717, 1.165) is 23.9 Å². The topological polar surface area (TPSA) is 54.5 Å². The fourth-order valence-electron chi connectivity index (χ4n) is 3.05. The van der Waals surface area contributed by atoms with E-state index in [4.69, 9.17) is 4.74 Å². The average molecular weight is 309 g/mol. The number of ether oxygens (including phenoxy) is 1. The summed E-state index contributed by atoms with van der Waals surface area (Å²) >= 11 is 1.60. The number of aromatic nitrogens is 1. The van der Waals surface area contributed by atoms with Gasteiger partial charge in [-0.05, 0) is 26.7 Å². The summed E-state index contributed by atoms with van der Waals surface area (Å²) in [6, 6.07) is -0.0372. The van der Waals surface area contributed by atoms with Gasteiger partial charge in [0, 0.05) is 29.6 Å². The highest BCUT2D eigenvalue weighted by Gasteiger charge is 2.41. The van der Waals surface area contributed by atoms with Gasteiger partial charge in [-0.15, -0.1) is 11.3 Å². The number of rotatable bonds is 2. The molecule has 0 aromatic carbocycles. The summed E-state index contributed by atoms with van der Waals surface area (Å²) in [6.07, 6.45) is 3.61. The van der Waals surface area contributed by atoms with E-state index in [0.29, 0.717) is 13.2 Å². The van der Waals surface area contributed by atoms with E-state index in [2.05, 4.69) is 10.3 Å². The lowest BCUT2D eigenvalue weighted by atomic mass is 9.69. The standard InChI is InChI=1S/C15H23N3O2S/c1-11-8-21-13(16-11)12(2)17-14(19)18-6-7-20-10-15(9-18)4-3-5-15/h8,12H,3-7,9-10H2,1-2H3,(H,17,19)/t12-/m0/s1. The van der Waals surface area contributed by atoms with Gasteiger partial charge in [-0.25, -0.2) is 9.78 Å². The summed E-state index contributed by atoms with van der Waals surface area (Å²) in [5.74, 6) is 0. The maximum atomic E-state index is 12.5. The van der Waals surface area contributed by atoms with Crippen molar-refractivity contribution in [3.63, 3.8) is 0 Å². The molecule has 0 bridgehead atoms. The zero-order chi connectivity index (χ0) is 14.9. The lowest BCUT2D eigenvalue weighted by molar-refractivity contribution is 0.0126. The molecule has 1 saturated heterocycles. The van der Waals surface area contributed by atoms with Gasteiger partial charge in [-0.3, -0.25) is 0 Å². The van der Waals surface area contributed by atoms with E-state index in [1.165, 1.54) is 19.3 Å². The molecule has 0 radical (unpaired) electrons. The van der Waals surface area contributed by atoms with Crippen molar-refractivity contribution in [2.75, 3.05) is 26.3 Å². The zero-order valence-electron chi connectivity index (χ0n) is 12.7. The van der Waals surface area contributed by atoms with Gasteiger partial charge in [0.05, 0.1) is 19.3 Å². The van der Waals surface area contributed by atoms with Crippen molar-refractivity contribution >= 4 is 17.4 Å². The van der Waals surface area contributed by atoms with Gasteiger partial charge >= 0.3 is 6.03 Å². The fraction of sp³-hybridized carbons (Fsp3) is 0.733. The van der Waals surface area contributed by atoms with Crippen LogP contribution in [0.5, 0.6) is 0 Å². The summed E-state index contributed by atoms with van der Waals surface area (Å²) in [4.78, 5) is 18.9. The van der Waals surface area contributed by atoms with Gasteiger partial charge < -0.3 is 15.0 Å². The summed E-state index contributed by atoms with van der Waals surface area (Å²) in [6.45, 7) is 6.90. The highest BCUT2D eigenvalue weighted by Crippen LogP contribution is 2.42. The van der Waals surface area contributed by atoms with Crippen LogP contribution in [0.25, 0.3) is 0 Å². The number of aryl methyl sites for hydroxylation is 1. The fourth-order valence-corrected chi connectivity index (χ4v) is 3.86. The Morgan fingerprint density at radius 1 is 1.57 bits per heavy atom. The molecular formula is C15H23N3O2S. The first-order chi connectivity index (χ1) is 10.1. The molecule has 1 saturated carbocycles. The Balaban J connectivity index is 1.61. The maximum absolute atomic E-state index is 12.5. The van der Waals surface area contributed by atoms with Crippen LogP contribution in [0, 0.1) is 12.3 Å². The molecule has 1 aliphatic heterocycles. The molecule has 1 aromatic heterocycles. The van der Waals surface area contributed by atoms with Crippen molar-refractivity contribution in [1.29, 1.82) is 0 Å². The van der Waals surface area contributed by atoms with Gasteiger partial charge in [0.1, 0.15) is 5.01 Å². The molecule has 1 spiro atoms. The molecule has 2 aliphatic rings. The lowest BCUT2D eigenvalue weighted by Crippen LogP contribution is -2.49. The first kappa shape index (κ1) is 14.8. The SMILES string of the molecule is Cc1csc([C@H](C)NC(=O)N2CCOCC3(CCC3)C2)n1. The summed E-state index contributed by atoms with van der Waals surface area (Å²) < 4.78 is 5.69. The normalized spacial score (nSPS) is 22.5. The predicted octanol–water partition coefficient (Wildman–Crippen LogP) is 2.72. The molecule has 2 fully saturated rings. The van der Waals surface area contributed by atoms with E-state index in [1.54, 1.807) is 11.3 Å². The van der Waals surface area contributed by atoms with Crippen molar-refractivity contribution in [2.45, 2.75) is 39.2 Å². The van der Waals surface area contributed by atoms with E-state index in [9.17, 15) is 4.79 Å². The Kier molecular flexibility index (Phi) is 4.17. The van der Waals surface area contributed by atoms with Crippen LogP contribution in [0.15, 0.2) is 5.38 Å². The second-order valence-corrected chi connectivity index (χ2v) is 7.22.